The lowest BCUT2D eigenvalue weighted by Crippen LogP contribution is -2.41. The Morgan fingerprint density at radius 3 is 2.45 bits per heavy atom. The first-order chi connectivity index (χ1) is 19.0. The summed E-state index contributed by atoms with van der Waals surface area (Å²) in [5, 5.41) is 11.5. The van der Waals surface area contributed by atoms with E-state index in [4.69, 9.17) is 4.74 Å². The molecule has 2 amide bonds. The lowest BCUT2D eigenvalue weighted by molar-refractivity contribution is -0.126. The molecule has 15 heteroatoms. The number of hydrogen-bond acceptors (Lipinski definition) is 8. The van der Waals surface area contributed by atoms with Crippen LogP contribution in [-0.2, 0) is 19.6 Å². The number of carbonyl (C=O) groups is 2. The molecule has 214 valence electrons. The standard InChI is InChI=1S/C25H27F3N6O5S/c26-25(27,28)14-30-15-6-8-16(9-7-15)31-21-18-10-11-34(40(37,38)17-4-2-1-3-5-17)22(18)29-12-19(21)32-23(35)20-13-39-24(36)33-20/h1-5,10-12,15-16,20,30H,6-9,13-14H2,(H,29,31)(H,32,35)(H,33,36). The minimum absolute atomic E-state index is 0.0721. The van der Waals surface area contributed by atoms with Gasteiger partial charge in [0.05, 0.1) is 29.0 Å². The quantitative estimate of drug-likeness (QED) is 0.318. The van der Waals surface area contributed by atoms with E-state index < -0.39 is 40.8 Å². The maximum absolute atomic E-state index is 13.3. The molecule has 1 unspecified atom stereocenters. The Morgan fingerprint density at radius 2 is 1.80 bits per heavy atom. The Labute approximate surface area is 227 Å². The molecule has 2 fully saturated rings. The second-order valence-corrected chi connectivity index (χ2v) is 11.5. The fourth-order valence-corrected chi connectivity index (χ4v) is 6.19. The SMILES string of the molecule is O=C1NC(C(=O)Nc2cnc3c(ccn3S(=O)(=O)c3ccccc3)c2NC2CCC(NCC(F)(F)F)CC2)CO1. The lowest BCUT2D eigenvalue weighted by Gasteiger charge is -2.31. The van der Waals surface area contributed by atoms with Crippen LogP contribution in [0.4, 0.5) is 29.3 Å². The molecule has 1 saturated carbocycles. The number of nitrogens with one attached hydrogen (secondary N) is 4. The molecule has 11 nitrogen and oxygen atoms in total. The number of alkyl carbamates (subject to hydrolysis) is 1. The maximum atomic E-state index is 13.3. The summed E-state index contributed by atoms with van der Waals surface area (Å²) < 4.78 is 70.3. The Hall–Kier alpha value is -3.85. The van der Waals surface area contributed by atoms with E-state index in [1.54, 1.807) is 24.3 Å². The number of fused-ring (bicyclic) bond motifs is 1. The Kier molecular flexibility index (Phi) is 7.59. The Balaban J connectivity index is 1.43. The predicted octanol–water partition coefficient (Wildman–Crippen LogP) is 3.20. The van der Waals surface area contributed by atoms with E-state index in [1.165, 1.54) is 24.5 Å². The number of pyridine rings is 1. The molecule has 1 aromatic carbocycles. The van der Waals surface area contributed by atoms with Gasteiger partial charge in [-0.05, 0) is 43.9 Å². The summed E-state index contributed by atoms with van der Waals surface area (Å²) in [4.78, 5) is 28.6. The molecular weight excluding hydrogens is 553 g/mol. The predicted molar refractivity (Wildman–Crippen MR) is 139 cm³/mol. The molecular formula is C25H27F3N6O5S. The maximum Gasteiger partial charge on any atom is 0.407 e. The van der Waals surface area contributed by atoms with Crippen LogP contribution in [0, 0.1) is 0 Å². The third kappa shape index (κ3) is 5.99. The minimum atomic E-state index is -4.29. The first-order valence-corrected chi connectivity index (χ1v) is 14.1. The molecule has 1 atom stereocenters. The van der Waals surface area contributed by atoms with Gasteiger partial charge in [-0.15, -0.1) is 0 Å². The molecule has 5 rings (SSSR count). The Morgan fingerprint density at radius 1 is 1.10 bits per heavy atom. The van der Waals surface area contributed by atoms with Gasteiger partial charge in [-0.3, -0.25) is 4.79 Å². The summed E-state index contributed by atoms with van der Waals surface area (Å²) >= 11 is 0. The lowest BCUT2D eigenvalue weighted by atomic mass is 9.91. The average molecular weight is 581 g/mol. The zero-order chi connectivity index (χ0) is 28.5. The number of ether oxygens (including phenoxy) is 1. The average Bonchev–Trinajstić information content (AvgIpc) is 3.56. The van der Waals surface area contributed by atoms with Crippen LogP contribution in [0.2, 0.25) is 0 Å². The van der Waals surface area contributed by atoms with E-state index in [9.17, 15) is 31.2 Å². The highest BCUT2D eigenvalue weighted by Gasteiger charge is 2.32. The van der Waals surface area contributed by atoms with E-state index in [1.807, 2.05) is 0 Å². The van der Waals surface area contributed by atoms with Crippen molar-refractivity contribution >= 4 is 44.4 Å². The number of benzene rings is 1. The molecule has 1 aliphatic heterocycles. The van der Waals surface area contributed by atoms with Crippen molar-refractivity contribution in [1.29, 1.82) is 0 Å². The highest BCUT2D eigenvalue weighted by molar-refractivity contribution is 7.90. The van der Waals surface area contributed by atoms with Crippen LogP contribution in [0.15, 0.2) is 53.7 Å². The summed E-state index contributed by atoms with van der Waals surface area (Å²) in [5.74, 6) is -0.550. The van der Waals surface area contributed by atoms with Crippen LogP contribution < -0.4 is 21.3 Å². The molecule has 2 aromatic heterocycles. The van der Waals surface area contributed by atoms with Crippen LogP contribution in [0.25, 0.3) is 11.0 Å². The topological polar surface area (TPSA) is 143 Å². The van der Waals surface area contributed by atoms with Crippen molar-refractivity contribution in [1.82, 2.24) is 19.6 Å². The number of amides is 2. The van der Waals surface area contributed by atoms with Crippen LogP contribution in [0.5, 0.6) is 0 Å². The third-order valence-corrected chi connectivity index (χ3v) is 8.58. The number of nitrogens with zero attached hydrogens (tertiary/aromatic N) is 2. The molecule has 2 aliphatic rings. The van der Waals surface area contributed by atoms with E-state index in [-0.39, 0.29) is 34.9 Å². The van der Waals surface area contributed by atoms with Crippen LogP contribution in [0.3, 0.4) is 0 Å². The number of carbonyl (C=O) groups excluding carboxylic acids is 2. The fourth-order valence-electron chi connectivity index (χ4n) is 4.87. The van der Waals surface area contributed by atoms with E-state index in [0.29, 0.717) is 36.8 Å². The van der Waals surface area contributed by atoms with Crippen molar-refractivity contribution < 1.29 is 35.9 Å². The van der Waals surface area contributed by atoms with Gasteiger partial charge in [0, 0.05) is 23.7 Å². The van der Waals surface area contributed by atoms with Gasteiger partial charge < -0.3 is 26.0 Å². The molecule has 1 aliphatic carbocycles. The van der Waals surface area contributed by atoms with Crippen molar-refractivity contribution in [3.05, 3.63) is 48.8 Å². The fraction of sp³-hybridized carbons (Fsp3) is 0.400. The van der Waals surface area contributed by atoms with Gasteiger partial charge in [-0.2, -0.15) is 13.2 Å². The number of cyclic esters (lactones) is 1. The zero-order valence-corrected chi connectivity index (χ0v) is 21.9. The molecule has 3 aromatic rings. The van der Waals surface area contributed by atoms with Gasteiger partial charge in [0.2, 0.25) is 0 Å². The van der Waals surface area contributed by atoms with Gasteiger partial charge in [-0.25, -0.2) is 22.2 Å². The summed E-state index contributed by atoms with van der Waals surface area (Å²) in [6.45, 7) is -1.20. The van der Waals surface area contributed by atoms with E-state index in [2.05, 4.69) is 26.3 Å². The molecule has 40 heavy (non-hydrogen) atoms. The van der Waals surface area contributed by atoms with Crippen LogP contribution >= 0.6 is 0 Å². The summed E-state index contributed by atoms with van der Waals surface area (Å²) in [6.07, 6.45) is -0.220. The molecule has 4 N–H and O–H groups in total. The normalized spacial score (nSPS) is 21.6. The number of rotatable bonds is 8. The van der Waals surface area contributed by atoms with Gasteiger partial charge >= 0.3 is 12.3 Å². The number of aromatic nitrogens is 2. The number of anilines is 2. The van der Waals surface area contributed by atoms with Crippen LogP contribution in [0.1, 0.15) is 25.7 Å². The van der Waals surface area contributed by atoms with Crippen molar-refractivity contribution in [2.45, 2.75) is 54.9 Å². The third-order valence-electron chi connectivity index (χ3n) is 6.90. The van der Waals surface area contributed by atoms with Crippen molar-refractivity contribution in [2.24, 2.45) is 0 Å². The molecule has 0 spiro atoms. The van der Waals surface area contributed by atoms with E-state index in [0.717, 1.165) is 3.97 Å². The summed E-state index contributed by atoms with van der Waals surface area (Å²) in [5.41, 5.74) is 0.797. The summed E-state index contributed by atoms with van der Waals surface area (Å²) in [7, 11) is -3.98. The van der Waals surface area contributed by atoms with Gasteiger partial charge in [-0.1, -0.05) is 18.2 Å². The van der Waals surface area contributed by atoms with Crippen molar-refractivity contribution in [2.75, 3.05) is 23.8 Å². The van der Waals surface area contributed by atoms with Gasteiger partial charge in [0.1, 0.15) is 12.6 Å². The minimum Gasteiger partial charge on any atom is -0.447 e. The van der Waals surface area contributed by atoms with Crippen molar-refractivity contribution in [3.63, 3.8) is 0 Å². The second-order valence-electron chi connectivity index (χ2n) is 9.69. The largest absolute Gasteiger partial charge is 0.447 e. The first-order valence-electron chi connectivity index (χ1n) is 12.6. The van der Waals surface area contributed by atoms with Gasteiger partial charge in [0.25, 0.3) is 15.9 Å². The number of hydrogen-bond donors (Lipinski definition) is 4. The summed E-state index contributed by atoms with van der Waals surface area (Å²) in [6, 6.07) is 8.07. The molecule has 0 radical (unpaired) electrons. The van der Waals surface area contributed by atoms with Crippen molar-refractivity contribution in [3.8, 4) is 0 Å². The first kappa shape index (κ1) is 27.7. The number of halogens is 3. The van der Waals surface area contributed by atoms with Crippen LogP contribution in [-0.4, -0.2) is 66.8 Å². The Bertz CT molecular complexity index is 1500. The monoisotopic (exact) mass is 580 g/mol. The smallest absolute Gasteiger partial charge is 0.407 e. The molecule has 1 saturated heterocycles. The molecule has 0 bridgehead atoms. The van der Waals surface area contributed by atoms with E-state index >= 15 is 0 Å². The second kappa shape index (κ2) is 11.0. The number of alkyl halides is 3. The highest BCUT2D eigenvalue weighted by Crippen LogP contribution is 2.35. The van der Waals surface area contributed by atoms with Gasteiger partial charge in [0.15, 0.2) is 5.65 Å². The zero-order valence-electron chi connectivity index (χ0n) is 21.1. The molecule has 3 heterocycles. The highest BCUT2D eigenvalue weighted by atomic mass is 32.2.